The average molecular weight is 424 g/mol. The Kier molecular flexibility index (Phi) is 7.71. The van der Waals surface area contributed by atoms with Crippen LogP contribution in [0.2, 0.25) is 0 Å². The molecule has 1 fully saturated rings. The van der Waals surface area contributed by atoms with Crippen LogP contribution in [0.5, 0.6) is 0 Å². The minimum Gasteiger partial charge on any atom is -0.370 e. The van der Waals surface area contributed by atoms with Gasteiger partial charge in [-0.2, -0.15) is 5.26 Å². The highest BCUT2D eigenvalue weighted by Gasteiger charge is 2.21. The van der Waals surface area contributed by atoms with Gasteiger partial charge in [-0.1, -0.05) is 24.3 Å². The number of carbonyl (C=O) groups is 2. The van der Waals surface area contributed by atoms with Gasteiger partial charge in [0.05, 0.1) is 17.3 Å². The minimum atomic E-state index is -0.331. The van der Waals surface area contributed by atoms with Gasteiger partial charge in [-0.3, -0.25) is 9.69 Å². The molecule has 0 saturated carbocycles. The lowest BCUT2D eigenvalue weighted by Crippen LogP contribution is -2.49. The average Bonchev–Trinajstić information content (AvgIpc) is 2.76. The molecular weight excluding hydrogens is 398 g/mol. The predicted octanol–water partition coefficient (Wildman–Crippen LogP) is 2.88. The first kappa shape index (κ1) is 21.7. The quantitative estimate of drug-likeness (QED) is 0.667. The number of benzene rings is 2. The van der Waals surface area contributed by atoms with Crippen molar-refractivity contribution in [2.45, 2.75) is 17.9 Å². The summed E-state index contributed by atoms with van der Waals surface area (Å²) in [4.78, 5) is 28.7. The van der Waals surface area contributed by atoms with Gasteiger partial charge < -0.3 is 16.0 Å². The molecule has 3 N–H and O–H groups in total. The normalized spacial score (nSPS) is 14.2. The van der Waals surface area contributed by atoms with E-state index in [4.69, 9.17) is 11.0 Å². The van der Waals surface area contributed by atoms with E-state index in [9.17, 15) is 9.59 Å². The SMILES string of the molecule is N#Cc1ccc(CN2CCN(C(=O)Nc3ccccc3SCCC(N)=O)CC2)cc1. The number of para-hydroxylation sites is 1. The number of nitriles is 1. The molecule has 8 heteroatoms. The molecule has 3 rings (SSSR count). The van der Waals surface area contributed by atoms with Crippen LogP contribution < -0.4 is 11.1 Å². The van der Waals surface area contributed by atoms with Gasteiger partial charge >= 0.3 is 6.03 Å². The second-order valence-electron chi connectivity index (χ2n) is 7.06. The number of nitrogens with one attached hydrogen (secondary N) is 1. The van der Waals surface area contributed by atoms with E-state index in [-0.39, 0.29) is 11.9 Å². The molecule has 3 amide bonds. The summed E-state index contributed by atoms with van der Waals surface area (Å²) >= 11 is 1.51. The number of carbonyl (C=O) groups excluding carboxylic acids is 2. The van der Waals surface area contributed by atoms with Gasteiger partial charge in [-0.25, -0.2) is 4.79 Å². The number of hydrogen-bond acceptors (Lipinski definition) is 5. The van der Waals surface area contributed by atoms with Crippen LogP contribution in [0.15, 0.2) is 53.4 Å². The largest absolute Gasteiger partial charge is 0.370 e. The highest BCUT2D eigenvalue weighted by molar-refractivity contribution is 7.99. The number of nitrogens with two attached hydrogens (primary N) is 1. The number of rotatable bonds is 7. The first-order chi connectivity index (χ1) is 14.5. The summed E-state index contributed by atoms with van der Waals surface area (Å²) in [5.41, 5.74) is 7.77. The van der Waals surface area contributed by atoms with Gasteiger partial charge in [0.2, 0.25) is 5.91 Å². The Morgan fingerprint density at radius 3 is 2.43 bits per heavy atom. The Balaban J connectivity index is 1.49. The first-order valence-electron chi connectivity index (χ1n) is 9.82. The number of urea groups is 1. The fourth-order valence-corrected chi connectivity index (χ4v) is 4.18. The molecular formula is C22H25N5O2S. The number of hydrogen-bond donors (Lipinski definition) is 2. The molecule has 30 heavy (non-hydrogen) atoms. The molecule has 2 aromatic carbocycles. The van der Waals surface area contributed by atoms with Crippen molar-refractivity contribution in [1.29, 1.82) is 5.26 Å². The minimum absolute atomic E-state index is 0.115. The van der Waals surface area contributed by atoms with Gasteiger partial charge in [0.25, 0.3) is 0 Å². The van der Waals surface area contributed by atoms with Gasteiger partial charge in [0, 0.05) is 49.8 Å². The predicted molar refractivity (Wildman–Crippen MR) is 118 cm³/mol. The number of anilines is 1. The van der Waals surface area contributed by atoms with E-state index < -0.39 is 0 Å². The highest BCUT2D eigenvalue weighted by atomic mass is 32.2. The summed E-state index contributed by atoms with van der Waals surface area (Å²) in [5, 5.41) is 11.9. The zero-order chi connectivity index (χ0) is 21.3. The maximum absolute atomic E-state index is 12.7. The molecule has 0 aliphatic carbocycles. The molecule has 0 aromatic heterocycles. The Bertz CT molecular complexity index is 918. The maximum atomic E-state index is 12.7. The van der Waals surface area contributed by atoms with Gasteiger partial charge in [0.15, 0.2) is 0 Å². The summed E-state index contributed by atoms with van der Waals surface area (Å²) in [6.45, 7) is 3.70. The van der Waals surface area contributed by atoms with Crippen LogP contribution in [0.4, 0.5) is 10.5 Å². The Hall–Kier alpha value is -3.02. The second-order valence-corrected chi connectivity index (χ2v) is 8.20. The summed E-state index contributed by atoms with van der Waals surface area (Å²) in [6, 6.07) is 17.2. The molecule has 156 valence electrons. The molecule has 0 bridgehead atoms. The standard InChI is InChI=1S/C22H25N5O2S/c23-15-17-5-7-18(8-6-17)16-26-10-12-27(13-11-26)22(29)25-19-3-1-2-4-20(19)30-14-9-21(24)28/h1-8H,9-14,16H2,(H2,24,28)(H,25,29). The van der Waals surface area contributed by atoms with E-state index in [0.717, 1.165) is 35.8 Å². The third-order valence-electron chi connectivity index (χ3n) is 4.88. The molecule has 1 heterocycles. The van der Waals surface area contributed by atoms with Crippen molar-refractivity contribution in [2.75, 3.05) is 37.2 Å². The summed E-state index contributed by atoms with van der Waals surface area (Å²) in [6.07, 6.45) is 0.300. The molecule has 0 unspecified atom stereocenters. The lowest BCUT2D eigenvalue weighted by atomic mass is 10.1. The van der Waals surface area contributed by atoms with Gasteiger partial charge in [-0.15, -0.1) is 11.8 Å². The summed E-state index contributed by atoms with van der Waals surface area (Å²) in [7, 11) is 0. The van der Waals surface area contributed by atoms with Crippen LogP contribution in [-0.2, 0) is 11.3 Å². The van der Waals surface area contributed by atoms with E-state index >= 15 is 0 Å². The van der Waals surface area contributed by atoms with E-state index in [1.54, 1.807) is 0 Å². The van der Waals surface area contributed by atoms with Gasteiger partial charge in [0.1, 0.15) is 0 Å². The third-order valence-corrected chi connectivity index (χ3v) is 5.96. The van der Waals surface area contributed by atoms with Crippen molar-refractivity contribution in [3.05, 3.63) is 59.7 Å². The molecule has 7 nitrogen and oxygen atoms in total. The monoisotopic (exact) mass is 423 g/mol. The Morgan fingerprint density at radius 2 is 1.77 bits per heavy atom. The smallest absolute Gasteiger partial charge is 0.321 e. The molecule has 1 aliphatic heterocycles. The number of primary amides is 1. The number of thioether (sulfide) groups is 1. The number of nitrogens with zero attached hydrogens (tertiary/aromatic N) is 3. The molecule has 0 atom stereocenters. The third kappa shape index (κ3) is 6.24. The van der Waals surface area contributed by atoms with Crippen molar-refractivity contribution in [1.82, 2.24) is 9.80 Å². The zero-order valence-electron chi connectivity index (χ0n) is 16.7. The lowest BCUT2D eigenvalue weighted by molar-refractivity contribution is -0.117. The number of amides is 3. The fraction of sp³-hybridized carbons (Fsp3) is 0.318. The van der Waals surface area contributed by atoms with Crippen LogP contribution in [-0.4, -0.2) is 53.7 Å². The van der Waals surface area contributed by atoms with E-state index in [1.807, 2.05) is 53.4 Å². The first-order valence-corrected chi connectivity index (χ1v) is 10.8. The van der Waals surface area contributed by atoms with E-state index in [2.05, 4.69) is 16.3 Å². The fourth-order valence-electron chi connectivity index (χ4n) is 3.20. The molecule has 1 saturated heterocycles. The van der Waals surface area contributed by atoms with Crippen LogP contribution in [0.25, 0.3) is 0 Å². The second kappa shape index (κ2) is 10.7. The van der Waals surface area contributed by atoms with E-state index in [0.29, 0.717) is 30.8 Å². The van der Waals surface area contributed by atoms with E-state index in [1.165, 1.54) is 11.8 Å². The van der Waals surface area contributed by atoms with Crippen LogP contribution in [0.1, 0.15) is 17.5 Å². The molecule has 2 aromatic rings. The van der Waals surface area contributed by atoms with Crippen LogP contribution in [0, 0.1) is 11.3 Å². The Labute approximate surface area is 180 Å². The maximum Gasteiger partial charge on any atom is 0.321 e. The topological polar surface area (TPSA) is 102 Å². The summed E-state index contributed by atoms with van der Waals surface area (Å²) in [5.74, 6) is 0.249. The lowest BCUT2D eigenvalue weighted by Gasteiger charge is -2.34. The number of piperazine rings is 1. The van der Waals surface area contributed by atoms with Crippen molar-refractivity contribution < 1.29 is 9.59 Å². The van der Waals surface area contributed by atoms with Crippen LogP contribution >= 0.6 is 11.8 Å². The van der Waals surface area contributed by atoms with Crippen molar-refractivity contribution in [2.24, 2.45) is 5.73 Å². The van der Waals surface area contributed by atoms with Crippen molar-refractivity contribution >= 4 is 29.4 Å². The molecule has 1 aliphatic rings. The van der Waals surface area contributed by atoms with Crippen molar-refractivity contribution in [3.63, 3.8) is 0 Å². The van der Waals surface area contributed by atoms with Gasteiger partial charge in [-0.05, 0) is 29.8 Å². The van der Waals surface area contributed by atoms with Crippen LogP contribution in [0.3, 0.4) is 0 Å². The highest BCUT2D eigenvalue weighted by Crippen LogP contribution is 2.27. The Morgan fingerprint density at radius 1 is 1.07 bits per heavy atom. The zero-order valence-corrected chi connectivity index (χ0v) is 17.5. The van der Waals surface area contributed by atoms with Crippen molar-refractivity contribution in [3.8, 4) is 6.07 Å². The molecule has 0 spiro atoms. The summed E-state index contributed by atoms with van der Waals surface area (Å²) < 4.78 is 0. The molecule has 0 radical (unpaired) electrons.